The highest BCUT2D eigenvalue weighted by atomic mass is 32.1. The highest BCUT2D eigenvalue weighted by molar-refractivity contribution is 7.11. The average molecular weight is 251 g/mol. The van der Waals surface area contributed by atoms with Gasteiger partial charge in [-0.25, -0.2) is 9.37 Å². The number of benzene rings is 1. The number of nitrogens with zero attached hydrogens (tertiary/aromatic N) is 1. The first-order valence-electron chi connectivity index (χ1n) is 5.08. The van der Waals surface area contributed by atoms with E-state index in [4.69, 9.17) is 4.74 Å². The maximum Gasteiger partial charge on any atom is 0.178 e. The first-order chi connectivity index (χ1) is 8.24. The molecule has 0 N–H and O–H groups in total. The summed E-state index contributed by atoms with van der Waals surface area (Å²) in [6.45, 7) is 2.21. The predicted molar refractivity (Wildman–Crippen MR) is 64.1 cm³/mol. The lowest BCUT2D eigenvalue weighted by Crippen LogP contribution is -1.94. The number of thiazole rings is 1. The van der Waals surface area contributed by atoms with Gasteiger partial charge in [0, 0.05) is 10.9 Å². The molecule has 0 unspecified atom stereocenters. The topological polar surface area (TPSA) is 39.2 Å². The van der Waals surface area contributed by atoms with E-state index in [-0.39, 0.29) is 5.75 Å². The van der Waals surface area contributed by atoms with Crippen LogP contribution in [0.2, 0.25) is 0 Å². The standard InChI is InChI=1S/C12H10FNO2S/c1-2-16-11-4-3-8(5-9(11)13)10-7-17-12(6-15)14-10/h3-7H,2H2,1H3. The number of ether oxygens (including phenoxy) is 1. The van der Waals surface area contributed by atoms with Gasteiger partial charge < -0.3 is 4.74 Å². The molecular formula is C12H10FNO2S. The summed E-state index contributed by atoms with van der Waals surface area (Å²) in [7, 11) is 0. The van der Waals surface area contributed by atoms with Crippen molar-refractivity contribution in [3.8, 4) is 17.0 Å². The summed E-state index contributed by atoms with van der Waals surface area (Å²) in [6, 6.07) is 4.64. The van der Waals surface area contributed by atoms with Gasteiger partial charge in [0.05, 0.1) is 12.3 Å². The zero-order valence-corrected chi connectivity index (χ0v) is 9.96. The molecule has 0 aliphatic carbocycles. The fourth-order valence-corrected chi connectivity index (χ4v) is 2.03. The number of halogens is 1. The minimum Gasteiger partial charge on any atom is -0.491 e. The zero-order chi connectivity index (χ0) is 12.3. The highest BCUT2D eigenvalue weighted by Gasteiger charge is 2.08. The monoisotopic (exact) mass is 251 g/mol. The third kappa shape index (κ3) is 2.50. The van der Waals surface area contributed by atoms with Gasteiger partial charge in [-0.15, -0.1) is 11.3 Å². The number of rotatable bonds is 4. The number of aldehydes is 1. The van der Waals surface area contributed by atoms with Crippen LogP contribution < -0.4 is 4.74 Å². The SMILES string of the molecule is CCOc1ccc(-c2csc(C=O)n2)cc1F. The molecule has 3 nitrogen and oxygen atoms in total. The Bertz CT molecular complexity index is 539. The molecule has 2 rings (SSSR count). The molecule has 0 spiro atoms. The summed E-state index contributed by atoms with van der Waals surface area (Å²) >= 11 is 1.23. The van der Waals surface area contributed by atoms with E-state index in [9.17, 15) is 9.18 Å². The second-order valence-corrected chi connectivity index (χ2v) is 4.16. The minimum atomic E-state index is -0.426. The maximum absolute atomic E-state index is 13.6. The molecule has 1 aromatic carbocycles. The molecule has 0 bridgehead atoms. The lowest BCUT2D eigenvalue weighted by molar-refractivity contribution is 0.112. The third-order valence-electron chi connectivity index (χ3n) is 2.15. The molecule has 88 valence electrons. The van der Waals surface area contributed by atoms with Crippen molar-refractivity contribution in [1.29, 1.82) is 0 Å². The van der Waals surface area contributed by atoms with Gasteiger partial charge in [-0.05, 0) is 25.1 Å². The van der Waals surface area contributed by atoms with Crippen LogP contribution in [0.5, 0.6) is 5.75 Å². The molecule has 2 aromatic rings. The Hall–Kier alpha value is -1.75. The lowest BCUT2D eigenvalue weighted by atomic mass is 10.1. The fraction of sp³-hybridized carbons (Fsp3) is 0.167. The van der Waals surface area contributed by atoms with Crippen LogP contribution >= 0.6 is 11.3 Å². The Morgan fingerprint density at radius 2 is 2.35 bits per heavy atom. The molecule has 0 saturated heterocycles. The second kappa shape index (κ2) is 5.05. The summed E-state index contributed by atoms with van der Waals surface area (Å²) in [4.78, 5) is 14.6. The number of carbonyl (C=O) groups is 1. The Labute approximate surface area is 102 Å². The van der Waals surface area contributed by atoms with E-state index in [1.807, 2.05) is 0 Å². The second-order valence-electron chi connectivity index (χ2n) is 3.27. The minimum absolute atomic E-state index is 0.224. The Balaban J connectivity index is 2.33. The molecule has 0 saturated carbocycles. The molecule has 5 heteroatoms. The van der Waals surface area contributed by atoms with E-state index in [0.717, 1.165) is 0 Å². The summed E-state index contributed by atoms with van der Waals surface area (Å²) in [5.74, 6) is -0.202. The number of hydrogen-bond acceptors (Lipinski definition) is 4. The van der Waals surface area contributed by atoms with Crippen molar-refractivity contribution >= 4 is 17.6 Å². The molecule has 0 aliphatic heterocycles. The van der Waals surface area contributed by atoms with E-state index in [1.54, 1.807) is 24.4 Å². The van der Waals surface area contributed by atoms with Crippen LogP contribution in [-0.2, 0) is 0 Å². The van der Waals surface area contributed by atoms with Gasteiger partial charge >= 0.3 is 0 Å². The van der Waals surface area contributed by atoms with Gasteiger partial charge in [0.15, 0.2) is 22.9 Å². The zero-order valence-electron chi connectivity index (χ0n) is 9.14. The van der Waals surface area contributed by atoms with E-state index >= 15 is 0 Å². The number of aromatic nitrogens is 1. The molecule has 1 aromatic heterocycles. The molecular weight excluding hydrogens is 241 g/mol. The van der Waals surface area contributed by atoms with Crippen molar-refractivity contribution in [2.75, 3.05) is 6.61 Å². The van der Waals surface area contributed by atoms with Crippen molar-refractivity contribution in [2.24, 2.45) is 0 Å². The highest BCUT2D eigenvalue weighted by Crippen LogP contribution is 2.26. The number of carbonyl (C=O) groups excluding carboxylic acids is 1. The van der Waals surface area contributed by atoms with Crippen LogP contribution in [0.25, 0.3) is 11.3 Å². The Morgan fingerprint density at radius 1 is 1.53 bits per heavy atom. The van der Waals surface area contributed by atoms with Crippen molar-refractivity contribution in [1.82, 2.24) is 4.98 Å². The quantitative estimate of drug-likeness (QED) is 0.783. The van der Waals surface area contributed by atoms with Crippen LogP contribution in [-0.4, -0.2) is 17.9 Å². The van der Waals surface area contributed by atoms with Crippen LogP contribution in [0.3, 0.4) is 0 Å². The van der Waals surface area contributed by atoms with Crippen LogP contribution in [0, 0.1) is 5.82 Å². The van der Waals surface area contributed by atoms with Crippen LogP contribution in [0.15, 0.2) is 23.6 Å². The van der Waals surface area contributed by atoms with Crippen LogP contribution in [0.1, 0.15) is 16.7 Å². The predicted octanol–water partition coefficient (Wildman–Crippen LogP) is 3.16. The van der Waals surface area contributed by atoms with Gasteiger partial charge in [0.1, 0.15) is 0 Å². The van der Waals surface area contributed by atoms with Crippen molar-refractivity contribution in [2.45, 2.75) is 6.92 Å². The van der Waals surface area contributed by atoms with E-state index < -0.39 is 5.82 Å². The first-order valence-corrected chi connectivity index (χ1v) is 5.96. The molecule has 17 heavy (non-hydrogen) atoms. The largest absolute Gasteiger partial charge is 0.491 e. The molecule has 1 heterocycles. The lowest BCUT2D eigenvalue weighted by Gasteiger charge is -2.05. The Morgan fingerprint density at radius 3 is 2.94 bits per heavy atom. The summed E-state index contributed by atoms with van der Waals surface area (Å²) < 4.78 is 18.7. The summed E-state index contributed by atoms with van der Waals surface area (Å²) in [5, 5.41) is 2.10. The van der Waals surface area contributed by atoms with Crippen molar-refractivity contribution in [3.05, 3.63) is 34.4 Å². The van der Waals surface area contributed by atoms with Crippen molar-refractivity contribution < 1.29 is 13.9 Å². The summed E-state index contributed by atoms with van der Waals surface area (Å²) in [6.07, 6.45) is 0.680. The molecule has 0 radical (unpaired) electrons. The van der Waals surface area contributed by atoms with Crippen molar-refractivity contribution in [3.63, 3.8) is 0 Å². The van der Waals surface area contributed by atoms with Gasteiger partial charge in [0.2, 0.25) is 0 Å². The van der Waals surface area contributed by atoms with E-state index in [2.05, 4.69) is 4.98 Å². The maximum atomic E-state index is 13.6. The third-order valence-corrected chi connectivity index (χ3v) is 2.92. The molecule has 0 fully saturated rings. The normalized spacial score (nSPS) is 10.2. The van der Waals surface area contributed by atoms with Gasteiger partial charge in [-0.1, -0.05) is 0 Å². The van der Waals surface area contributed by atoms with Gasteiger partial charge in [-0.3, -0.25) is 4.79 Å². The smallest absolute Gasteiger partial charge is 0.178 e. The average Bonchev–Trinajstić information content (AvgIpc) is 2.80. The van der Waals surface area contributed by atoms with Gasteiger partial charge in [0.25, 0.3) is 0 Å². The Kier molecular flexibility index (Phi) is 3.49. The van der Waals surface area contributed by atoms with E-state index in [0.29, 0.717) is 29.2 Å². The molecule has 0 atom stereocenters. The number of hydrogen-bond donors (Lipinski definition) is 0. The fourth-order valence-electron chi connectivity index (χ4n) is 1.41. The first kappa shape index (κ1) is 11.7. The summed E-state index contributed by atoms with van der Waals surface area (Å²) in [5.41, 5.74) is 1.23. The molecule has 0 amide bonds. The van der Waals surface area contributed by atoms with Crippen LogP contribution in [0.4, 0.5) is 4.39 Å². The van der Waals surface area contributed by atoms with Gasteiger partial charge in [-0.2, -0.15) is 0 Å². The van der Waals surface area contributed by atoms with E-state index in [1.165, 1.54) is 17.4 Å². The molecule has 0 aliphatic rings.